The molecule has 0 aromatic rings. The van der Waals surface area contributed by atoms with Gasteiger partial charge in [-0.2, -0.15) is 0 Å². The van der Waals surface area contributed by atoms with Gasteiger partial charge in [-0.15, -0.1) is 0 Å². The number of carbonyl (C=O) groups is 1. The van der Waals surface area contributed by atoms with E-state index >= 15 is 0 Å². The van der Waals surface area contributed by atoms with E-state index in [-0.39, 0.29) is 5.92 Å². The first-order valence-corrected chi connectivity index (χ1v) is 4.45. The largest absolute Gasteiger partial charge is 0.481 e. The lowest BCUT2D eigenvalue weighted by atomic mass is 9.61. The molecule has 0 atom stereocenters. The Kier molecular flexibility index (Phi) is 1.44. The number of hydrogen-bond donors (Lipinski definition) is 1. The highest BCUT2D eigenvalue weighted by atomic mass is 16.4. The number of carboxylic acid groups (broad SMARTS) is 1. The van der Waals surface area contributed by atoms with Crippen LogP contribution in [0.1, 0.15) is 38.5 Å². The van der Waals surface area contributed by atoms with Crippen molar-refractivity contribution in [2.75, 3.05) is 0 Å². The molecule has 2 fully saturated rings. The van der Waals surface area contributed by atoms with Gasteiger partial charge in [0.15, 0.2) is 0 Å². The molecule has 0 aromatic carbocycles. The molecule has 62 valence electrons. The Hall–Kier alpha value is -0.530. The Morgan fingerprint density at radius 2 is 1.82 bits per heavy atom. The van der Waals surface area contributed by atoms with E-state index in [1.165, 1.54) is 25.7 Å². The van der Waals surface area contributed by atoms with Gasteiger partial charge in [-0.1, -0.05) is 12.8 Å². The molecule has 0 radical (unpaired) electrons. The van der Waals surface area contributed by atoms with Gasteiger partial charge >= 0.3 is 5.97 Å². The summed E-state index contributed by atoms with van der Waals surface area (Å²) in [6.45, 7) is 0. The third kappa shape index (κ3) is 1.05. The molecule has 1 spiro atoms. The van der Waals surface area contributed by atoms with Gasteiger partial charge in [0.1, 0.15) is 0 Å². The predicted octanol–water partition coefficient (Wildman–Crippen LogP) is 2.04. The predicted molar refractivity (Wildman–Crippen MR) is 41.3 cm³/mol. The molecule has 2 heteroatoms. The second-order valence-electron chi connectivity index (χ2n) is 4.15. The second-order valence-corrected chi connectivity index (χ2v) is 4.15. The average molecular weight is 154 g/mol. The lowest BCUT2D eigenvalue weighted by Crippen LogP contribution is -2.38. The third-order valence-corrected chi connectivity index (χ3v) is 3.37. The number of aliphatic carboxylic acids is 1. The number of carboxylic acids is 1. The maximum atomic E-state index is 10.5. The molecule has 0 heterocycles. The van der Waals surface area contributed by atoms with Gasteiger partial charge in [-0.05, 0) is 31.1 Å². The summed E-state index contributed by atoms with van der Waals surface area (Å²) < 4.78 is 0. The lowest BCUT2D eigenvalue weighted by molar-refractivity contribution is -0.150. The van der Waals surface area contributed by atoms with Gasteiger partial charge in [0, 0.05) is 0 Å². The molecule has 0 unspecified atom stereocenters. The van der Waals surface area contributed by atoms with E-state index in [1.807, 2.05) is 0 Å². The average Bonchev–Trinajstić information content (AvgIpc) is 2.29. The van der Waals surface area contributed by atoms with Gasteiger partial charge in [-0.25, -0.2) is 0 Å². The summed E-state index contributed by atoms with van der Waals surface area (Å²) in [6, 6.07) is 0. The fraction of sp³-hybridized carbons (Fsp3) is 0.889. The molecule has 0 aliphatic heterocycles. The van der Waals surface area contributed by atoms with Crippen molar-refractivity contribution in [3.05, 3.63) is 0 Å². The van der Waals surface area contributed by atoms with Crippen LogP contribution in [-0.2, 0) is 4.79 Å². The van der Waals surface area contributed by atoms with Gasteiger partial charge in [0.25, 0.3) is 0 Å². The molecule has 0 bridgehead atoms. The molecule has 2 rings (SSSR count). The molecule has 0 saturated heterocycles. The van der Waals surface area contributed by atoms with E-state index in [1.54, 1.807) is 0 Å². The fourth-order valence-electron chi connectivity index (χ4n) is 2.69. The van der Waals surface area contributed by atoms with E-state index in [2.05, 4.69) is 0 Å². The topological polar surface area (TPSA) is 37.3 Å². The summed E-state index contributed by atoms with van der Waals surface area (Å²) in [4.78, 5) is 10.5. The normalized spacial score (nSPS) is 28.7. The quantitative estimate of drug-likeness (QED) is 0.627. The van der Waals surface area contributed by atoms with E-state index in [4.69, 9.17) is 5.11 Å². The summed E-state index contributed by atoms with van der Waals surface area (Å²) in [5, 5.41) is 8.68. The molecular weight excluding hydrogens is 140 g/mol. The minimum absolute atomic E-state index is 0.00639. The number of rotatable bonds is 1. The van der Waals surface area contributed by atoms with Crippen molar-refractivity contribution in [3.63, 3.8) is 0 Å². The SMILES string of the molecule is O=C(O)C1CC2(CCCC2)C1. The molecule has 0 aromatic heterocycles. The van der Waals surface area contributed by atoms with Crippen molar-refractivity contribution in [3.8, 4) is 0 Å². The zero-order valence-electron chi connectivity index (χ0n) is 6.68. The van der Waals surface area contributed by atoms with E-state index in [0.717, 1.165) is 12.8 Å². The lowest BCUT2D eigenvalue weighted by Gasteiger charge is -2.43. The molecule has 11 heavy (non-hydrogen) atoms. The highest BCUT2D eigenvalue weighted by Gasteiger charge is 2.48. The van der Waals surface area contributed by atoms with Crippen LogP contribution in [0.3, 0.4) is 0 Å². The van der Waals surface area contributed by atoms with Crippen LogP contribution in [0, 0.1) is 11.3 Å². The van der Waals surface area contributed by atoms with Crippen LogP contribution in [-0.4, -0.2) is 11.1 Å². The van der Waals surface area contributed by atoms with E-state index in [9.17, 15) is 4.79 Å². The Bertz CT molecular complexity index is 172. The van der Waals surface area contributed by atoms with Crippen molar-refractivity contribution in [1.29, 1.82) is 0 Å². The van der Waals surface area contributed by atoms with Crippen molar-refractivity contribution in [2.45, 2.75) is 38.5 Å². The summed E-state index contributed by atoms with van der Waals surface area (Å²) in [7, 11) is 0. The van der Waals surface area contributed by atoms with Gasteiger partial charge in [0.05, 0.1) is 5.92 Å². The molecule has 2 aliphatic rings. The van der Waals surface area contributed by atoms with Crippen molar-refractivity contribution >= 4 is 5.97 Å². The summed E-state index contributed by atoms with van der Waals surface area (Å²) in [5.74, 6) is -0.587. The monoisotopic (exact) mass is 154 g/mol. The molecule has 2 nitrogen and oxygen atoms in total. The van der Waals surface area contributed by atoms with E-state index in [0.29, 0.717) is 5.41 Å². The first kappa shape index (κ1) is 7.14. The Morgan fingerprint density at radius 3 is 2.27 bits per heavy atom. The van der Waals surface area contributed by atoms with Crippen LogP contribution in [0.5, 0.6) is 0 Å². The second kappa shape index (κ2) is 2.23. The van der Waals surface area contributed by atoms with Crippen LogP contribution >= 0.6 is 0 Å². The summed E-state index contributed by atoms with van der Waals surface area (Å²) >= 11 is 0. The molecule has 2 saturated carbocycles. The fourth-order valence-corrected chi connectivity index (χ4v) is 2.69. The Morgan fingerprint density at radius 1 is 1.27 bits per heavy atom. The molecule has 0 amide bonds. The van der Waals surface area contributed by atoms with Gasteiger partial charge in [-0.3, -0.25) is 4.79 Å². The zero-order chi connectivity index (χ0) is 7.90. The Balaban J connectivity index is 1.91. The smallest absolute Gasteiger partial charge is 0.306 e. The molecule has 2 aliphatic carbocycles. The third-order valence-electron chi connectivity index (χ3n) is 3.37. The first-order chi connectivity index (χ1) is 5.22. The highest BCUT2D eigenvalue weighted by molar-refractivity contribution is 5.71. The highest BCUT2D eigenvalue weighted by Crippen LogP contribution is 2.56. The maximum Gasteiger partial charge on any atom is 0.306 e. The summed E-state index contributed by atoms with van der Waals surface area (Å²) in [5.41, 5.74) is 0.489. The Labute approximate surface area is 66.6 Å². The van der Waals surface area contributed by atoms with Crippen molar-refractivity contribution < 1.29 is 9.90 Å². The van der Waals surface area contributed by atoms with Crippen molar-refractivity contribution in [2.24, 2.45) is 11.3 Å². The van der Waals surface area contributed by atoms with Crippen LogP contribution in [0.2, 0.25) is 0 Å². The van der Waals surface area contributed by atoms with E-state index < -0.39 is 5.97 Å². The summed E-state index contributed by atoms with van der Waals surface area (Å²) in [6.07, 6.45) is 7.15. The van der Waals surface area contributed by atoms with Crippen molar-refractivity contribution in [1.82, 2.24) is 0 Å². The molecular formula is C9H14O2. The van der Waals surface area contributed by atoms with Gasteiger partial charge in [0.2, 0.25) is 0 Å². The minimum atomic E-state index is -0.581. The van der Waals surface area contributed by atoms with Crippen LogP contribution in [0.25, 0.3) is 0 Å². The van der Waals surface area contributed by atoms with Crippen LogP contribution < -0.4 is 0 Å². The van der Waals surface area contributed by atoms with Crippen LogP contribution in [0.15, 0.2) is 0 Å². The zero-order valence-corrected chi connectivity index (χ0v) is 6.68. The maximum absolute atomic E-state index is 10.5. The molecule has 1 N–H and O–H groups in total. The standard InChI is InChI=1S/C9H14O2/c10-8(11)7-5-9(6-7)3-1-2-4-9/h7H,1-6H2,(H,10,11). The van der Waals surface area contributed by atoms with Crippen LogP contribution in [0.4, 0.5) is 0 Å². The minimum Gasteiger partial charge on any atom is -0.481 e. The van der Waals surface area contributed by atoms with Gasteiger partial charge < -0.3 is 5.11 Å². The first-order valence-electron chi connectivity index (χ1n) is 4.45. The number of hydrogen-bond acceptors (Lipinski definition) is 1.